The number of carbonyl (C=O) groups is 2. The van der Waals surface area contributed by atoms with Crippen molar-refractivity contribution >= 4 is 21.8 Å². The fraction of sp³-hybridized carbons (Fsp3) is 0.562. The van der Waals surface area contributed by atoms with E-state index < -0.39 is 39.3 Å². The maximum absolute atomic E-state index is 13.2. The molecule has 41 heavy (non-hydrogen) atoms. The Morgan fingerprint density at radius 2 is 1.49 bits per heavy atom. The standard InChI is InChI=1S/C32H49N3O5S/c1-24(2)17-19-35(31(38)34-32(4,5)6)22-29(36)28(21-27-15-11-8-12-16-27)33-30(37)25(3)23-41(39,40)20-18-26-13-9-7-10-14-26/h7-16,24-25,28-29,36H,17-23H2,1-6H3,(H,33,37)(H,34,38)/t25?,28-,29?/m0/s1. The van der Waals surface area contributed by atoms with Crippen LogP contribution in [0.4, 0.5) is 4.79 Å². The van der Waals surface area contributed by atoms with E-state index in [0.29, 0.717) is 25.3 Å². The van der Waals surface area contributed by atoms with Crippen molar-refractivity contribution in [3.8, 4) is 0 Å². The zero-order chi connectivity index (χ0) is 30.6. The van der Waals surface area contributed by atoms with Crippen LogP contribution < -0.4 is 10.6 Å². The Balaban J connectivity index is 2.15. The molecular weight excluding hydrogens is 538 g/mol. The maximum Gasteiger partial charge on any atom is 0.317 e. The molecule has 2 unspecified atom stereocenters. The van der Waals surface area contributed by atoms with Crippen molar-refractivity contribution in [3.63, 3.8) is 0 Å². The Bertz CT molecular complexity index is 1180. The smallest absolute Gasteiger partial charge is 0.317 e. The topological polar surface area (TPSA) is 116 Å². The molecular formula is C32H49N3O5S. The molecule has 0 fully saturated rings. The van der Waals surface area contributed by atoms with Gasteiger partial charge in [-0.1, -0.05) is 81.4 Å². The van der Waals surface area contributed by atoms with Crippen molar-refractivity contribution in [2.45, 2.75) is 78.5 Å². The van der Waals surface area contributed by atoms with Crippen molar-refractivity contribution in [2.75, 3.05) is 24.6 Å². The summed E-state index contributed by atoms with van der Waals surface area (Å²) in [6.07, 6.45) is 0.409. The number of amides is 3. The van der Waals surface area contributed by atoms with Gasteiger partial charge in [-0.25, -0.2) is 13.2 Å². The SMILES string of the molecule is CC(C)CCN(CC(O)[C@H](Cc1ccccc1)NC(=O)C(C)CS(=O)(=O)CCc1ccccc1)C(=O)NC(C)(C)C. The van der Waals surface area contributed by atoms with Gasteiger partial charge in [0.1, 0.15) is 0 Å². The number of aryl methyl sites for hydroxylation is 1. The van der Waals surface area contributed by atoms with Crippen LogP contribution in [0.1, 0.15) is 59.1 Å². The fourth-order valence-electron chi connectivity index (χ4n) is 4.38. The normalized spacial score (nSPS) is 14.2. The molecule has 228 valence electrons. The highest BCUT2D eigenvalue weighted by Gasteiger charge is 2.30. The van der Waals surface area contributed by atoms with Gasteiger partial charge in [-0.05, 0) is 57.1 Å². The van der Waals surface area contributed by atoms with Crippen LogP contribution >= 0.6 is 0 Å². The molecule has 0 aliphatic rings. The molecule has 3 atom stereocenters. The maximum atomic E-state index is 13.2. The van der Waals surface area contributed by atoms with E-state index >= 15 is 0 Å². The second kappa shape index (κ2) is 15.9. The molecule has 0 aromatic heterocycles. The Morgan fingerprint density at radius 1 is 0.927 bits per heavy atom. The monoisotopic (exact) mass is 587 g/mol. The first-order valence-corrected chi connectivity index (χ1v) is 16.3. The quantitative estimate of drug-likeness (QED) is 0.289. The number of carbonyl (C=O) groups excluding carboxylic acids is 2. The largest absolute Gasteiger partial charge is 0.389 e. The molecule has 0 saturated heterocycles. The molecule has 0 heterocycles. The van der Waals surface area contributed by atoms with Gasteiger partial charge >= 0.3 is 6.03 Å². The first kappa shape index (κ1) is 34.3. The van der Waals surface area contributed by atoms with Gasteiger partial charge in [0, 0.05) is 18.0 Å². The van der Waals surface area contributed by atoms with Crippen molar-refractivity contribution in [1.29, 1.82) is 0 Å². The summed E-state index contributed by atoms with van der Waals surface area (Å²) in [6.45, 7) is 11.9. The second-order valence-corrected chi connectivity index (χ2v) is 14.7. The van der Waals surface area contributed by atoms with Gasteiger partial charge in [0.25, 0.3) is 0 Å². The van der Waals surface area contributed by atoms with Gasteiger partial charge in [-0.3, -0.25) is 4.79 Å². The zero-order valence-corrected chi connectivity index (χ0v) is 26.3. The Hall–Kier alpha value is -2.91. The van der Waals surface area contributed by atoms with E-state index in [4.69, 9.17) is 0 Å². The Labute approximate surface area is 246 Å². The predicted molar refractivity (Wildman–Crippen MR) is 165 cm³/mol. The van der Waals surface area contributed by atoms with Crippen LogP contribution in [0.5, 0.6) is 0 Å². The highest BCUT2D eigenvalue weighted by atomic mass is 32.2. The number of sulfone groups is 1. The third kappa shape index (κ3) is 13.5. The molecule has 0 saturated carbocycles. The molecule has 2 aromatic rings. The minimum absolute atomic E-state index is 0.0240. The van der Waals surface area contributed by atoms with E-state index in [1.54, 1.807) is 11.8 Å². The number of urea groups is 1. The number of aliphatic hydroxyl groups is 1. The van der Waals surface area contributed by atoms with Crippen LogP contribution in [-0.2, 0) is 27.5 Å². The minimum atomic E-state index is -3.49. The van der Waals surface area contributed by atoms with E-state index in [1.807, 2.05) is 81.4 Å². The van der Waals surface area contributed by atoms with Crippen molar-refractivity contribution < 1.29 is 23.1 Å². The van der Waals surface area contributed by atoms with Crippen LogP contribution in [-0.4, -0.2) is 72.6 Å². The second-order valence-electron chi connectivity index (χ2n) is 12.4. The van der Waals surface area contributed by atoms with E-state index in [2.05, 4.69) is 24.5 Å². The summed E-state index contributed by atoms with van der Waals surface area (Å²) >= 11 is 0. The average molecular weight is 588 g/mol. The van der Waals surface area contributed by atoms with E-state index in [0.717, 1.165) is 17.5 Å². The summed E-state index contributed by atoms with van der Waals surface area (Å²) in [6, 6.07) is 17.9. The van der Waals surface area contributed by atoms with E-state index in [-0.39, 0.29) is 24.1 Å². The Morgan fingerprint density at radius 3 is 2.02 bits per heavy atom. The highest BCUT2D eigenvalue weighted by Crippen LogP contribution is 2.13. The summed E-state index contributed by atoms with van der Waals surface area (Å²) < 4.78 is 25.6. The summed E-state index contributed by atoms with van der Waals surface area (Å²) in [7, 11) is -3.49. The van der Waals surface area contributed by atoms with Gasteiger partial charge < -0.3 is 20.6 Å². The van der Waals surface area contributed by atoms with Crippen LogP contribution in [0.2, 0.25) is 0 Å². The fourth-order valence-corrected chi connectivity index (χ4v) is 6.00. The first-order valence-electron chi connectivity index (χ1n) is 14.5. The number of hydrogen-bond acceptors (Lipinski definition) is 5. The molecule has 2 aromatic carbocycles. The van der Waals surface area contributed by atoms with Gasteiger partial charge in [0.05, 0.1) is 30.2 Å². The zero-order valence-electron chi connectivity index (χ0n) is 25.5. The lowest BCUT2D eigenvalue weighted by atomic mass is 9.99. The molecule has 8 nitrogen and oxygen atoms in total. The number of benzene rings is 2. The van der Waals surface area contributed by atoms with Crippen LogP contribution in [0.3, 0.4) is 0 Å². The lowest BCUT2D eigenvalue weighted by Crippen LogP contribution is -2.55. The van der Waals surface area contributed by atoms with Gasteiger partial charge in [0.15, 0.2) is 9.84 Å². The highest BCUT2D eigenvalue weighted by molar-refractivity contribution is 7.91. The molecule has 3 N–H and O–H groups in total. The number of nitrogens with zero attached hydrogens (tertiary/aromatic N) is 1. The van der Waals surface area contributed by atoms with Crippen LogP contribution in [0, 0.1) is 11.8 Å². The lowest BCUT2D eigenvalue weighted by Gasteiger charge is -2.33. The summed E-state index contributed by atoms with van der Waals surface area (Å²) in [5.41, 5.74) is 1.39. The van der Waals surface area contributed by atoms with Crippen molar-refractivity contribution in [2.24, 2.45) is 11.8 Å². The van der Waals surface area contributed by atoms with E-state index in [1.165, 1.54) is 0 Å². The predicted octanol–water partition coefficient (Wildman–Crippen LogP) is 4.22. The number of hydrogen-bond donors (Lipinski definition) is 3. The van der Waals surface area contributed by atoms with Crippen molar-refractivity contribution in [3.05, 3.63) is 71.8 Å². The van der Waals surface area contributed by atoms with Crippen LogP contribution in [0.15, 0.2) is 60.7 Å². The summed E-state index contributed by atoms with van der Waals surface area (Å²) in [5.74, 6) is -1.21. The number of aliphatic hydroxyl groups excluding tert-OH is 1. The molecule has 0 aliphatic heterocycles. The third-order valence-corrected chi connectivity index (χ3v) is 8.57. The number of nitrogens with one attached hydrogen (secondary N) is 2. The molecule has 0 bridgehead atoms. The van der Waals surface area contributed by atoms with Crippen molar-refractivity contribution in [1.82, 2.24) is 15.5 Å². The van der Waals surface area contributed by atoms with E-state index in [9.17, 15) is 23.1 Å². The Kier molecular flexibility index (Phi) is 13.3. The summed E-state index contributed by atoms with van der Waals surface area (Å²) in [5, 5.41) is 17.2. The molecule has 2 rings (SSSR count). The molecule has 9 heteroatoms. The van der Waals surface area contributed by atoms with Gasteiger partial charge in [-0.2, -0.15) is 0 Å². The average Bonchev–Trinajstić information content (AvgIpc) is 2.89. The summed E-state index contributed by atoms with van der Waals surface area (Å²) in [4.78, 5) is 27.9. The molecule has 3 amide bonds. The molecule has 0 radical (unpaired) electrons. The van der Waals surface area contributed by atoms with Gasteiger partial charge in [-0.15, -0.1) is 0 Å². The molecule has 0 aliphatic carbocycles. The van der Waals surface area contributed by atoms with Gasteiger partial charge in [0.2, 0.25) is 5.91 Å². The molecule has 0 spiro atoms. The minimum Gasteiger partial charge on any atom is -0.389 e. The third-order valence-electron chi connectivity index (χ3n) is 6.74. The van der Waals surface area contributed by atoms with Crippen LogP contribution in [0.25, 0.3) is 0 Å². The first-order chi connectivity index (χ1) is 19.1. The number of rotatable bonds is 15. The lowest BCUT2D eigenvalue weighted by molar-refractivity contribution is -0.125.